The third-order valence-electron chi connectivity index (χ3n) is 1.86. The second-order valence-electron chi connectivity index (χ2n) is 3.39. The summed E-state index contributed by atoms with van der Waals surface area (Å²) in [5, 5.41) is 21.0. The van der Waals surface area contributed by atoms with E-state index in [2.05, 4.69) is 21.2 Å². The molecule has 0 aliphatic heterocycles. The summed E-state index contributed by atoms with van der Waals surface area (Å²) in [6, 6.07) is 3.87. The first-order valence-corrected chi connectivity index (χ1v) is 5.93. The summed E-state index contributed by atoms with van der Waals surface area (Å²) in [6.45, 7) is 1.85. The Bertz CT molecular complexity index is 351. The molecular formula is C9H12BrNO3S. The number of carbonyl (C=O) groups is 1. The molecule has 0 bridgehead atoms. The monoisotopic (exact) mass is 293 g/mol. The molecule has 3 N–H and O–H groups in total. The lowest BCUT2D eigenvalue weighted by atomic mass is 10.1. The second kappa shape index (κ2) is 5.07. The van der Waals surface area contributed by atoms with Gasteiger partial charge in [0.15, 0.2) is 5.60 Å². The maximum absolute atomic E-state index is 10.6. The Morgan fingerprint density at radius 3 is 2.80 bits per heavy atom. The van der Waals surface area contributed by atoms with Crippen molar-refractivity contribution in [3.05, 3.63) is 20.8 Å². The van der Waals surface area contributed by atoms with Crippen LogP contribution < -0.4 is 5.32 Å². The maximum Gasteiger partial charge on any atom is 0.336 e. The SMILES string of the molecule is CC(O)(CNCc1ccc(Br)s1)C(=O)O. The molecule has 84 valence electrons. The fourth-order valence-electron chi connectivity index (χ4n) is 0.951. The van der Waals surface area contributed by atoms with Gasteiger partial charge in [0.05, 0.1) is 3.79 Å². The van der Waals surface area contributed by atoms with Crippen molar-refractivity contribution in [1.82, 2.24) is 5.32 Å². The molecule has 0 aromatic carbocycles. The van der Waals surface area contributed by atoms with Crippen LogP contribution in [0.5, 0.6) is 0 Å². The zero-order chi connectivity index (χ0) is 11.5. The lowest BCUT2D eigenvalue weighted by Crippen LogP contribution is -2.44. The molecule has 0 saturated heterocycles. The average molecular weight is 294 g/mol. The Labute approximate surface area is 100 Å². The number of aliphatic hydroxyl groups is 1. The summed E-state index contributed by atoms with van der Waals surface area (Å²) in [7, 11) is 0. The van der Waals surface area contributed by atoms with E-state index in [9.17, 15) is 9.90 Å². The van der Waals surface area contributed by atoms with Crippen molar-refractivity contribution >= 4 is 33.2 Å². The van der Waals surface area contributed by atoms with Crippen LogP contribution in [0, 0.1) is 0 Å². The van der Waals surface area contributed by atoms with Crippen LogP contribution in [0.15, 0.2) is 15.9 Å². The van der Waals surface area contributed by atoms with E-state index < -0.39 is 11.6 Å². The van der Waals surface area contributed by atoms with Gasteiger partial charge in [0.1, 0.15) is 0 Å². The molecule has 1 unspecified atom stereocenters. The van der Waals surface area contributed by atoms with Crippen LogP contribution in [0.3, 0.4) is 0 Å². The fourth-order valence-corrected chi connectivity index (χ4v) is 2.40. The average Bonchev–Trinajstić information content (AvgIpc) is 2.51. The van der Waals surface area contributed by atoms with Crippen LogP contribution in [-0.2, 0) is 11.3 Å². The highest BCUT2D eigenvalue weighted by Gasteiger charge is 2.28. The molecule has 0 aliphatic rings. The zero-order valence-corrected chi connectivity index (χ0v) is 10.6. The summed E-state index contributed by atoms with van der Waals surface area (Å²) in [6.07, 6.45) is 0. The van der Waals surface area contributed by atoms with Gasteiger partial charge >= 0.3 is 5.97 Å². The molecule has 1 heterocycles. The molecule has 0 fully saturated rings. The van der Waals surface area contributed by atoms with Gasteiger partial charge in [-0.3, -0.25) is 0 Å². The molecule has 6 heteroatoms. The van der Waals surface area contributed by atoms with Crippen LogP contribution in [0.2, 0.25) is 0 Å². The van der Waals surface area contributed by atoms with Crippen molar-refractivity contribution in [3.8, 4) is 0 Å². The van der Waals surface area contributed by atoms with Gasteiger partial charge in [0.2, 0.25) is 0 Å². The van der Waals surface area contributed by atoms with Gasteiger partial charge in [-0.05, 0) is 35.0 Å². The van der Waals surface area contributed by atoms with Gasteiger partial charge in [-0.1, -0.05) is 0 Å². The van der Waals surface area contributed by atoms with Gasteiger partial charge in [0.25, 0.3) is 0 Å². The van der Waals surface area contributed by atoms with Crippen molar-refractivity contribution in [2.75, 3.05) is 6.54 Å². The van der Waals surface area contributed by atoms with Crippen molar-refractivity contribution in [1.29, 1.82) is 0 Å². The van der Waals surface area contributed by atoms with Crippen molar-refractivity contribution in [3.63, 3.8) is 0 Å². The van der Waals surface area contributed by atoms with Crippen molar-refractivity contribution in [2.24, 2.45) is 0 Å². The highest BCUT2D eigenvalue weighted by atomic mass is 79.9. The van der Waals surface area contributed by atoms with Gasteiger partial charge in [-0.25, -0.2) is 4.79 Å². The molecule has 0 aliphatic carbocycles. The lowest BCUT2D eigenvalue weighted by molar-refractivity contribution is -0.156. The molecule has 0 saturated carbocycles. The van der Waals surface area contributed by atoms with E-state index in [4.69, 9.17) is 5.11 Å². The second-order valence-corrected chi connectivity index (χ2v) is 5.94. The molecule has 1 aromatic heterocycles. The van der Waals surface area contributed by atoms with Crippen LogP contribution in [0.25, 0.3) is 0 Å². The summed E-state index contributed by atoms with van der Waals surface area (Å²) >= 11 is 4.91. The lowest BCUT2D eigenvalue weighted by Gasteiger charge is -2.17. The summed E-state index contributed by atoms with van der Waals surface area (Å²) in [4.78, 5) is 11.7. The van der Waals surface area contributed by atoms with Crippen molar-refractivity contribution < 1.29 is 15.0 Å². The Morgan fingerprint density at radius 1 is 1.67 bits per heavy atom. The highest BCUT2D eigenvalue weighted by molar-refractivity contribution is 9.11. The minimum Gasteiger partial charge on any atom is -0.479 e. The summed E-state index contributed by atoms with van der Waals surface area (Å²) in [5.74, 6) is -1.22. The summed E-state index contributed by atoms with van der Waals surface area (Å²) in [5.41, 5.74) is -1.71. The summed E-state index contributed by atoms with van der Waals surface area (Å²) < 4.78 is 1.03. The fraction of sp³-hybridized carbons (Fsp3) is 0.444. The number of aliphatic carboxylic acids is 1. The predicted molar refractivity (Wildman–Crippen MR) is 62.0 cm³/mol. The molecule has 0 amide bonds. The molecule has 15 heavy (non-hydrogen) atoms. The zero-order valence-electron chi connectivity index (χ0n) is 8.16. The Balaban J connectivity index is 2.36. The van der Waals surface area contributed by atoms with E-state index in [-0.39, 0.29) is 6.54 Å². The minimum atomic E-state index is -1.71. The molecular weight excluding hydrogens is 282 g/mol. The number of thiophene rings is 1. The number of hydrogen-bond donors (Lipinski definition) is 3. The molecule has 1 atom stereocenters. The number of carboxylic acid groups (broad SMARTS) is 1. The third kappa shape index (κ3) is 3.90. The van der Waals surface area contributed by atoms with Crippen LogP contribution in [-0.4, -0.2) is 28.3 Å². The first-order valence-electron chi connectivity index (χ1n) is 4.32. The minimum absolute atomic E-state index is 0.0256. The number of halogens is 1. The first-order chi connectivity index (χ1) is 6.92. The molecule has 1 rings (SSSR count). The highest BCUT2D eigenvalue weighted by Crippen LogP contribution is 2.21. The quantitative estimate of drug-likeness (QED) is 0.768. The topological polar surface area (TPSA) is 69.6 Å². The van der Waals surface area contributed by atoms with Gasteiger partial charge < -0.3 is 15.5 Å². The van der Waals surface area contributed by atoms with Crippen LogP contribution in [0.1, 0.15) is 11.8 Å². The van der Waals surface area contributed by atoms with Crippen molar-refractivity contribution in [2.45, 2.75) is 19.1 Å². The normalized spacial score (nSPS) is 14.9. The van der Waals surface area contributed by atoms with E-state index in [1.54, 1.807) is 11.3 Å². The Kier molecular flexibility index (Phi) is 4.27. The predicted octanol–water partition coefficient (Wildman–Crippen LogP) is 1.44. The third-order valence-corrected chi connectivity index (χ3v) is 3.48. The first kappa shape index (κ1) is 12.6. The van der Waals surface area contributed by atoms with Crippen LogP contribution >= 0.6 is 27.3 Å². The van der Waals surface area contributed by atoms with Gasteiger partial charge in [-0.15, -0.1) is 11.3 Å². The largest absolute Gasteiger partial charge is 0.479 e. The number of rotatable bonds is 5. The number of hydrogen-bond acceptors (Lipinski definition) is 4. The van der Waals surface area contributed by atoms with E-state index >= 15 is 0 Å². The molecule has 1 aromatic rings. The van der Waals surface area contributed by atoms with E-state index in [1.165, 1.54) is 6.92 Å². The Hall–Kier alpha value is -0.430. The number of carboxylic acids is 1. The maximum atomic E-state index is 10.6. The van der Waals surface area contributed by atoms with Gasteiger partial charge in [-0.2, -0.15) is 0 Å². The molecule has 4 nitrogen and oxygen atoms in total. The molecule has 0 radical (unpaired) electrons. The smallest absolute Gasteiger partial charge is 0.336 e. The molecule has 0 spiro atoms. The number of nitrogens with one attached hydrogen (secondary N) is 1. The van der Waals surface area contributed by atoms with E-state index in [0.29, 0.717) is 6.54 Å². The standard InChI is InChI=1S/C9H12BrNO3S/c1-9(14,8(12)13)5-11-4-6-2-3-7(10)15-6/h2-3,11,14H,4-5H2,1H3,(H,12,13). The Morgan fingerprint density at radius 2 is 2.33 bits per heavy atom. The van der Waals surface area contributed by atoms with Crippen LogP contribution in [0.4, 0.5) is 0 Å². The van der Waals surface area contributed by atoms with E-state index in [1.807, 2.05) is 12.1 Å². The van der Waals surface area contributed by atoms with E-state index in [0.717, 1.165) is 8.66 Å². The van der Waals surface area contributed by atoms with Gasteiger partial charge in [0, 0.05) is 18.0 Å².